The summed E-state index contributed by atoms with van der Waals surface area (Å²) in [4.78, 5) is 29.4. The van der Waals surface area contributed by atoms with E-state index in [1.54, 1.807) is 38.1 Å². The highest BCUT2D eigenvalue weighted by Crippen LogP contribution is 2.23. The molecule has 1 saturated carbocycles. The van der Waals surface area contributed by atoms with E-state index in [1.807, 2.05) is 0 Å². The van der Waals surface area contributed by atoms with Gasteiger partial charge >= 0.3 is 5.97 Å². The number of amides is 1. The van der Waals surface area contributed by atoms with E-state index in [0.717, 1.165) is 25.7 Å². The molecule has 1 heterocycles. The molecule has 1 aromatic carbocycles. The van der Waals surface area contributed by atoms with Crippen LogP contribution in [0.5, 0.6) is 5.75 Å². The van der Waals surface area contributed by atoms with Crippen molar-refractivity contribution in [3.05, 3.63) is 44.9 Å². The van der Waals surface area contributed by atoms with Crippen LogP contribution in [0.2, 0.25) is 5.02 Å². The first-order valence-electron chi connectivity index (χ1n) is 9.28. The van der Waals surface area contributed by atoms with Crippen LogP contribution in [0.3, 0.4) is 0 Å². The molecule has 1 aliphatic rings. The molecule has 0 radical (unpaired) electrons. The Morgan fingerprint density at radius 3 is 2.64 bits per heavy atom. The number of ether oxygens (including phenoxy) is 2. The van der Waals surface area contributed by atoms with Crippen LogP contribution >= 0.6 is 22.9 Å². The smallest absolute Gasteiger partial charge is 0.351 e. The minimum Gasteiger partial charge on any atom is -0.486 e. The maximum Gasteiger partial charge on any atom is 0.351 e. The first-order valence-corrected chi connectivity index (χ1v) is 10.5. The quantitative estimate of drug-likeness (QED) is 0.673. The third-order valence-corrected chi connectivity index (χ3v) is 5.92. The lowest BCUT2D eigenvalue weighted by Crippen LogP contribution is -2.40. The maximum atomic E-state index is 12.5. The molecule has 1 fully saturated rings. The molecule has 0 spiro atoms. The van der Waals surface area contributed by atoms with E-state index in [4.69, 9.17) is 21.1 Å². The van der Waals surface area contributed by atoms with Crippen molar-refractivity contribution in [1.29, 1.82) is 0 Å². The van der Waals surface area contributed by atoms with E-state index in [1.165, 1.54) is 11.3 Å². The van der Waals surface area contributed by atoms with Crippen molar-refractivity contribution >= 4 is 34.8 Å². The Morgan fingerprint density at radius 1 is 1.29 bits per heavy atom. The number of hydrogen-bond acceptors (Lipinski definition) is 6. The van der Waals surface area contributed by atoms with E-state index in [9.17, 15) is 9.59 Å². The van der Waals surface area contributed by atoms with Crippen molar-refractivity contribution in [2.45, 2.75) is 58.3 Å². The molecule has 6 nitrogen and oxygen atoms in total. The predicted octanol–water partition coefficient (Wildman–Crippen LogP) is 4.29. The number of aromatic nitrogens is 1. The fourth-order valence-corrected chi connectivity index (χ4v) is 4.02. The number of aryl methyl sites for hydroxylation is 1. The monoisotopic (exact) mass is 422 g/mol. The Balaban J connectivity index is 1.54. The van der Waals surface area contributed by atoms with Crippen molar-refractivity contribution in [1.82, 2.24) is 10.3 Å². The number of thiazole rings is 1. The van der Waals surface area contributed by atoms with Gasteiger partial charge in [0.1, 0.15) is 22.2 Å². The van der Waals surface area contributed by atoms with Crippen LogP contribution in [0.1, 0.15) is 53.0 Å². The molecule has 0 aliphatic heterocycles. The number of hydrogen-bond donors (Lipinski definition) is 1. The van der Waals surface area contributed by atoms with E-state index in [-0.39, 0.29) is 18.6 Å². The summed E-state index contributed by atoms with van der Waals surface area (Å²) in [6, 6.07) is 7.20. The maximum absolute atomic E-state index is 12.5. The van der Waals surface area contributed by atoms with Gasteiger partial charge in [-0.15, -0.1) is 11.3 Å². The molecular formula is C20H23ClN2O4S. The zero-order chi connectivity index (χ0) is 20.1. The number of carbonyl (C=O) groups excluding carboxylic acids is 2. The van der Waals surface area contributed by atoms with Crippen LogP contribution < -0.4 is 10.1 Å². The third kappa shape index (κ3) is 5.45. The SMILES string of the molecule is Cc1nc(COc2ccc(Cl)cc2)sc1C(=O)OC(C)C(=O)NC1CCCC1. The highest BCUT2D eigenvalue weighted by atomic mass is 35.5. The standard InChI is InChI=1S/C20H23ClN2O4S/c1-12-18(20(25)27-13(2)19(24)23-15-5-3-4-6-15)28-17(22-12)11-26-16-9-7-14(21)8-10-16/h7-10,13,15H,3-6,11H2,1-2H3,(H,23,24). The molecule has 0 bridgehead atoms. The molecule has 1 aliphatic carbocycles. The number of benzene rings is 1. The number of nitrogens with one attached hydrogen (secondary N) is 1. The summed E-state index contributed by atoms with van der Waals surface area (Å²) in [7, 11) is 0. The highest BCUT2D eigenvalue weighted by molar-refractivity contribution is 7.13. The van der Waals surface area contributed by atoms with Crippen molar-refractivity contribution in [3.63, 3.8) is 0 Å². The van der Waals surface area contributed by atoms with Gasteiger partial charge in [0, 0.05) is 11.1 Å². The molecule has 3 rings (SSSR count). The van der Waals surface area contributed by atoms with Gasteiger partial charge in [0.05, 0.1) is 5.69 Å². The lowest BCUT2D eigenvalue weighted by Gasteiger charge is -2.16. The summed E-state index contributed by atoms with van der Waals surface area (Å²) < 4.78 is 11.0. The van der Waals surface area contributed by atoms with E-state index in [2.05, 4.69) is 10.3 Å². The van der Waals surface area contributed by atoms with Gasteiger partial charge in [-0.25, -0.2) is 9.78 Å². The molecule has 2 aromatic rings. The van der Waals surface area contributed by atoms with Crippen LogP contribution in [0.4, 0.5) is 0 Å². The number of esters is 1. The van der Waals surface area contributed by atoms with Crippen LogP contribution in [-0.4, -0.2) is 29.0 Å². The van der Waals surface area contributed by atoms with Crippen molar-refractivity contribution in [2.24, 2.45) is 0 Å². The van der Waals surface area contributed by atoms with Gasteiger partial charge in [0.15, 0.2) is 6.10 Å². The molecule has 28 heavy (non-hydrogen) atoms. The molecule has 1 aromatic heterocycles. The summed E-state index contributed by atoms with van der Waals surface area (Å²) in [5.74, 6) is -0.130. The van der Waals surface area contributed by atoms with Gasteiger partial charge in [-0.3, -0.25) is 4.79 Å². The largest absolute Gasteiger partial charge is 0.486 e. The van der Waals surface area contributed by atoms with E-state index in [0.29, 0.717) is 26.4 Å². The van der Waals surface area contributed by atoms with Crippen LogP contribution in [0, 0.1) is 6.92 Å². The van der Waals surface area contributed by atoms with Gasteiger partial charge in [0.2, 0.25) is 0 Å². The lowest BCUT2D eigenvalue weighted by atomic mass is 10.2. The van der Waals surface area contributed by atoms with Gasteiger partial charge in [-0.05, 0) is 51.0 Å². The predicted molar refractivity (Wildman–Crippen MR) is 108 cm³/mol. The highest BCUT2D eigenvalue weighted by Gasteiger charge is 2.25. The van der Waals surface area contributed by atoms with Crippen molar-refractivity contribution < 1.29 is 19.1 Å². The zero-order valence-corrected chi connectivity index (χ0v) is 17.4. The minimum atomic E-state index is -0.844. The Labute approximate surface area is 173 Å². The van der Waals surface area contributed by atoms with Gasteiger partial charge in [0.25, 0.3) is 5.91 Å². The topological polar surface area (TPSA) is 77.5 Å². The molecule has 8 heteroatoms. The van der Waals surface area contributed by atoms with Crippen molar-refractivity contribution in [2.75, 3.05) is 0 Å². The Hall–Kier alpha value is -2.12. The lowest BCUT2D eigenvalue weighted by molar-refractivity contribution is -0.129. The van der Waals surface area contributed by atoms with Gasteiger partial charge in [-0.2, -0.15) is 0 Å². The van der Waals surface area contributed by atoms with Crippen LogP contribution in [0.15, 0.2) is 24.3 Å². The molecule has 1 N–H and O–H groups in total. The summed E-state index contributed by atoms with van der Waals surface area (Å²) >= 11 is 7.06. The summed E-state index contributed by atoms with van der Waals surface area (Å²) in [6.45, 7) is 3.56. The zero-order valence-electron chi connectivity index (χ0n) is 15.9. The summed E-state index contributed by atoms with van der Waals surface area (Å²) in [5.41, 5.74) is 0.563. The molecule has 1 unspecified atom stereocenters. The average molecular weight is 423 g/mol. The Bertz CT molecular complexity index is 831. The molecule has 1 atom stereocenters. The fourth-order valence-electron chi connectivity index (χ4n) is 3.04. The third-order valence-electron chi connectivity index (χ3n) is 4.56. The van der Waals surface area contributed by atoms with E-state index >= 15 is 0 Å². The molecule has 1 amide bonds. The normalized spacial score (nSPS) is 15.2. The summed E-state index contributed by atoms with van der Waals surface area (Å²) in [5, 5.41) is 4.23. The molecule has 150 valence electrons. The molecule has 0 saturated heterocycles. The average Bonchev–Trinajstić information content (AvgIpc) is 3.30. The van der Waals surface area contributed by atoms with Crippen molar-refractivity contribution in [3.8, 4) is 5.75 Å². The second-order valence-corrected chi connectivity index (χ2v) is 8.32. The first-order chi connectivity index (χ1) is 13.4. The Morgan fingerprint density at radius 2 is 1.96 bits per heavy atom. The fraction of sp³-hybridized carbons (Fsp3) is 0.450. The van der Waals surface area contributed by atoms with Gasteiger partial charge < -0.3 is 14.8 Å². The number of halogens is 1. The van der Waals surface area contributed by atoms with Crippen LogP contribution in [0.25, 0.3) is 0 Å². The second-order valence-electron chi connectivity index (χ2n) is 6.80. The van der Waals surface area contributed by atoms with Crippen LogP contribution in [-0.2, 0) is 16.1 Å². The second kappa shape index (κ2) is 9.39. The number of nitrogens with zero attached hydrogens (tertiary/aromatic N) is 1. The van der Waals surface area contributed by atoms with E-state index < -0.39 is 12.1 Å². The number of carbonyl (C=O) groups is 2. The molecular weight excluding hydrogens is 400 g/mol. The number of rotatable bonds is 7. The first kappa shape index (κ1) is 20.6. The minimum absolute atomic E-state index is 0.190. The Kier molecular flexibility index (Phi) is 6.91. The van der Waals surface area contributed by atoms with Gasteiger partial charge in [-0.1, -0.05) is 24.4 Å². The summed E-state index contributed by atoms with van der Waals surface area (Å²) in [6.07, 6.45) is 3.37.